The maximum atomic E-state index is 11.6. The maximum Gasteiger partial charge on any atom is 0.123 e. The standard InChI is InChI=1S/C36H43NO3/c1-3-4-8-15-29(2)37(25-30-16-9-5-10-17-30)26-36(38)33-22-34(39-27-31-18-11-6-12-19-31)24-35(23-33)40-28-32-20-13-7-14-21-32/h5-7,9-14,16-24,29,36,38H,3-4,8,15,25-28H2,1-2H3/t29-,36-/m1/s1. The Balaban J connectivity index is 1.53. The van der Waals surface area contributed by atoms with Crippen molar-refractivity contribution in [3.8, 4) is 11.5 Å². The zero-order chi connectivity index (χ0) is 28.0. The van der Waals surface area contributed by atoms with E-state index < -0.39 is 6.10 Å². The molecule has 4 nitrogen and oxygen atoms in total. The lowest BCUT2D eigenvalue weighted by Crippen LogP contribution is -2.36. The van der Waals surface area contributed by atoms with Crippen molar-refractivity contribution in [1.82, 2.24) is 4.90 Å². The van der Waals surface area contributed by atoms with Crippen LogP contribution >= 0.6 is 0 Å². The second-order valence-electron chi connectivity index (χ2n) is 10.6. The van der Waals surface area contributed by atoms with Crippen molar-refractivity contribution in [3.63, 3.8) is 0 Å². The Morgan fingerprint density at radius 3 is 1.68 bits per heavy atom. The number of aliphatic hydroxyl groups is 1. The van der Waals surface area contributed by atoms with Crippen LogP contribution in [-0.4, -0.2) is 22.6 Å². The van der Waals surface area contributed by atoms with Crippen molar-refractivity contribution in [2.45, 2.75) is 71.4 Å². The first-order chi connectivity index (χ1) is 19.6. The van der Waals surface area contributed by atoms with Gasteiger partial charge < -0.3 is 14.6 Å². The molecule has 0 unspecified atom stereocenters. The second-order valence-corrected chi connectivity index (χ2v) is 10.6. The zero-order valence-electron chi connectivity index (χ0n) is 23.9. The van der Waals surface area contributed by atoms with Crippen LogP contribution in [0.25, 0.3) is 0 Å². The molecule has 0 aromatic heterocycles. The summed E-state index contributed by atoms with van der Waals surface area (Å²) in [5.74, 6) is 1.38. The molecular formula is C36H43NO3. The van der Waals surface area contributed by atoms with Gasteiger partial charge in [-0.25, -0.2) is 0 Å². The Bertz CT molecular complexity index is 1190. The van der Waals surface area contributed by atoms with Crippen molar-refractivity contribution in [2.24, 2.45) is 0 Å². The lowest BCUT2D eigenvalue weighted by Gasteiger charge is -2.31. The minimum atomic E-state index is -0.684. The molecule has 1 N–H and O–H groups in total. The van der Waals surface area contributed by atoms with Gasteiger partial charge in [-0.1, -0.05) is 117 Å². The lowest BCUT2D eigenvalue weighted by atomic mass is 10.0. The molecule has 4 rings (SSSR count). The summed E-state index contributed by atoms with van der Waals surface area (Å²) in [7, 11) is 0. The van der Waals surface area contributed by atoms with Crippen LogP contribution in [-0.2, 0) is 19.8 Å². The van der Waals surface area contributed by atoms with E-state index in [0.29, 0.717) is 37.3 Å². The van der Waals surface area contributed by atoms with E-state index in [1.165, 1.54) is 24.8 Å². The summed E-state index contributed by atoms with van der Waals surface area (Å²) in [4.78, 5) is 2.40. The molecule has 40 heavy (non-hydrogen) atoms. The minimum absolute atomic E-state index is 0.354. The Kier molecular flexibility index (Phi) is 11.6. The highest BCUT2D eigenvalue weighted by Crippen LogP contribution is 2.29. The summed E-state index contributed by atoms with van der Waals surface area (Å²) in [6.07, 6.45) is 4.06. The molecule has 4 aromatic rings. The third-order valence-electron chi connectivity index (χ3n) is 7.27. The minimum Gasteiger partial charge on any atom is -0.489 e. The largest absolute Gasteiger partial charge is 0.489 e. The average molecular weight is 538 g/mol. The molecule has 0 aliphatic rings. The summed E-state index contributed by atoms with van der Waals surface area (Å²) < 4.78 is 12.4. The van der Waals surface area contributed by atoms with E-state index in [9.17, 15) is 5.11 Å². The highest BCUT2D eigenvalue weighted by atomic mass is 16.5. The van der Waals surface area contributed by atoms with E-state index >= 15 is 0 Å². The van der Waals surface area contributed by atoms with Crippen LogP contribution in [0.2, 0.25) is 0 Å². The summed E-state index contributed by atoms with van der Waals surface area (Å²) in [6.45, 7) is 6.75. The first kappa shape index (κ1) is 29.4. The SMILES string of the molecule is CCCCC[C@@H](C)N(Cc1ccccc1)C[C@@H](O)c1cc(OCc2ccccc2)cc(OCc2ccccc2)c1. The monoisotopic (exact) mass is 537 g/mol. The summed E-state index contributed by atoms with van der Waals surface area (Å²) in [5.41, 5.74) is 4.24. The third kappa shape index (κ3) is 9.55. The summed E-state index contributed by atoms with van der Waals surface area (Å²) in [5, 5.41) is 11.6. The van der Waals surface area contributed by atoms with E-state index in [0.717, 1.165) is 29.7 Å². The Morgan fingerprint density at radius 1 is 0.675 bits per heavy atom. The van der Waals surface area contributed by atoms with Crippen molar-refractivity contribution in [2.75, 3.05) is 6.54 Å². The quantitative estimate of drug-likeness (QED) is 0.146. The normalized spacial score (nSPS) is 12.7. The molecule has 210 valence electrons. The molecule has 0 radical (unpaired) electrons. The third-order valence-corrected chi connectivity index (χ3v) is 7.27. The molecule has 4 heteroatoms. The number of nitrogens with zero attached hydrogens (tertiary/aromatic N) is 1. The highest BCUT2D eigenvalue weighted by molar-refractivity contribution is 5.40. The van der Waals surface area contributed by atoms with Gasteiger partial charge in [0, 0.05) is 25.2 Å². The van der Waals surface area contributed by atoms with Crippen molar-refractivity contribution in [1.29, 1.82) is 0 Å². The predicted molar refractivity (Wildman–Crippen MR) is 163 cm³/mol. The van der Waals surface area contributed by atoms with E-state index in [-0.39, 0.29) is 0 Å². The molecule has 2 atom stereocenters. The first-order valence-corrected chi connectivity index (χ1v) is 14.5. The number of ether oxygens (including phenoxy) is 2. The molecular weight excluding hydrogens is 494 g/mol. The van der Waals surface area contributed by atoms with Crippen LogP contribution in [0, 0.1) is 0 Å². The van der Waals surface area contributed by atoms with E-state index in [2.05, 4.69) is 43.0 Å². The van der Waals surface area contributed by atoms with E-state index in [1.807, 2.05) is 84.9 Å². The van der Waals surface area contributed by atoms with Gasteiger partial charge in [-0.05, 0) is 47.7 Å². The fourth-order valence-corrected chi connectivity index (χ4v) is 4.85. The van der Waals surface area contributed by atoms with Gasteiger partial charge in [0.1, 0.15) is 24.7 Å². The Hall–Kier alpha value is -3.60. The molecule has 0 aliphatic carbocycles. The molecule has 0 fully saturated rings. The number of benzene rings is 4. The molecule has 4 aromatic carbocycles. The number of hydrogen-bond acceptors (Lipinski definition) is 4. The van der Waals surface area contributed by atoms with Crippen molar-refractivity contribution >= 4 is 0 Å². The molecule has 0 saturated heterocycles. The first-order valence-electron chi connectivity index (χ1n) is 14.5. The number of rotatable bonds is 16. The van der Waals surface area contributed by atoms with Gasteiger partial charge >= 0.3 is 0 Å². The fourth-order valence-electron chi connectivity index (χ4n) is 4.85. The van der Waals surface area contributed by atoms with Gasteiger partial charge in [0.05, 0.1) is 6.10 Å². The lowest BCUT2D eigenvalue weighted by molar-refractivity contribution is 0.0820. The average Bonchev–Trinajstić information content (AvgIpc) is 3.00. The number of unbranched alkanes of at least 4 members (excludes halogenated alkanes) is 2. The smallest absolute Gasteiger partial charge is 0.123 e. The number of aliphatic hydroxyl groups excluding tert-OH is 1. The Labute approximate surface area is 240 Å². The molecule has 0 saturated carbocycles. The maximum absolute atomic E-state index is 11.6. The van der Waals surface area contributed by atoms with Crippen LogP contribution < -0.4 is 9.47 Å². The van der Waals surface area contributed by atoms with Gasteiger partial charge in [0.25, 0.3) is 0 Å². The fraction of sp³-hybridized carbons (Fsp3) is 0.333. The van der Waals surface area contributed by atoms with Crippen LogP contribution in [0.3, 0.4) is 0 Å². The van der Waals surface area contributed by atoms with Crippen LogP contribution in [0.15, 0.2) is 109 Å². The van der Waals surface area contributed by atoms with Gasteiger partial charge in [-0.3, -0.25) is 4.90 Å². The molecule has 0 spiro atoms. The van der Waals surface area contributed by atoms with Crippen LogP contribution in [0.4, 0.5) is 0 Å². The second kappa shape index (κ2) is 15.9. The molecule has 0 aliphatic heterocycles. The zero-order valence-corrected chi connectivity index (χ0v) is 23.9. The van der Waals surface area contributed by atoms with Crippen LogP contribution in [0.1, 0.15) is 67.9 Å². The van der Waals surface area contributed by atoms with Gasteiger partial charge in [-0.2, -0.15) is 0 Å². The van der Waals surface area contributed by atoms with Gasteiger partial charge in [0.2, 0.25) is 0 Å². The molecule has 0 amide bonds. The van der Waals surface area contributed by atoms with Crippen molar-refractivity contribution < 1.29 is 14.6 Å². The number of hydrogen-bond donors (Lipinski definition) is 1. The summed E-state index contributed by atoms with van der Waals surface area (Å²) >= 11 is 0. The van der Waals surface area contributed by atoms with Gasteiger partial charge in [0.15, 0.2) is 0 Å². The van der Waals surface area contributed by atoms with Crippen LogP contribution in [0.5, 0.6) is 11.5 Å². The summed E-state index contributed by atoms with van der Waals surface area (Å²) in [6, 6.07) is 36.9. The Morgan fingerprint density at radius 2 is 1.18 bits per heavy atom. The van der Waals surface area contributed by atoms with E-state index in [4.69, 9.17) is 9.47 Å². The molecule has 0 heterocycles. The van der Waals surface area contributed by atoms with E-state index in [1.54, 1.807) is 0 Å². The van der Waals surface area contributed by atoms with Gasteiger partial charge in [-0.15, -0.1) is 0 Å². The predicted octanol–water partition coefficient (Wildman–Crippen LogP) is 8.35. The molecule has 0 bridgehead atoms. The van der Waals surface area contributed by atoms with Crippen molar-refractivity contribution in [3.05, 3.63) is 131 Å². The topological polar surface area (TPSA) is 41.9 Å². The highest BCUT2D eigenvalue weighted by Gasteiger charge is 2.20.